The maximum atomic E-state index is 8.70. The van der Waals surface area contributed by atoms with Crippen LogP contribution in [0, 0.1) is 11.3 Å². The second-order valence-corrected chi connectivity index (χ2v) is 4.43. The summed E-state index contributed by atoms with van der Waals surface area (Å²) in [5.41, 5.74) is 1.34. The van der Waals surface area contributed by atoms with Gasteiger partial charge in [0.15, 0.2) is 0 Å². The zero-order valence-corrected chi connectivity index (χ0v) is 11.2. The van der Waals surface area contributed by atoms with Gasteiger partial charge in [-0.2, -0.15) is 5.26 Å². The summed E-state index contributed by atoms with van der Waals surface area (Å²) in [4.78, 5) is 4.15. The summed E-state index contributed by atoms with van der Waals surface area (Å²) in [7, 11) is 1.61. The molecule has 0 spiro atoms. The van der Waals surface area contributed by atoms with Crippen LogP contribution < -0.4 is 10.1 Å². The minimum Gasteiger partial charge on any atom is -0.495 e. The molecule has 5 heteroatoms. The van der Waals surface area contributed by atoms with Crippen molar-refractivity contribution in [2.75, 3.05) is 12.4 Å². The van der Waals surface area contributed by atoms with Gasteiger partial charge >= 0.3 is 0 Å². The minimum atomic E-state index is 0.529. The molecule has 0 saturated carbocycles. The van der Waals surface area contributed by atoms with Crippen molar-refractivity contribution in [1.82, 2.24) is 4.98 Å². The Bertz CT molecular complexity index is 590. The first-order valence-corrected chi connectivity index (χ1v) is 5.99. The van der Waals surface area contributed by atoms with E-state index in [2.05, 4.69) is 26.2 Å². The topological polar surface area (TPSA) is 57.9 Å². The number of benzene rings is 1. The van der Waals surface area contributed by atoms with Crippen molar-refractivity contribution in [2.45, 2.75) is 0 Å². The Hall–Kier alpha value is -2.06. The zero-order valence-electron chi connectivity index (χ0n) is 9.64. The highest BCUT2D eigenvalue weighted by Crippen LogP contribution is 2.29. The first-order chi connectivity index (χ1) is 8.72. The van der Waals surface area contributed by atoms with Gasteiger partial charge in [0.2, 0.25) is 0 Å². The van der Waals surface area contributed by atoms with Gasteiger partial charge in [0.25, 0.3) is 0 Å². The molecule has 1 heterocycles. The zero-order chi connectivity index (χ0) is 13.0. The highest BCUT2D eigenvalue weighted by atomic mass is 79.9. The predicted octanol–water partition coefficient (Wildman–Crippen LogP) is 3.47. The number of aromatic nitrogens is 1. The molecule has 1 N–H and O–H groups in total. The predicted molar refractivity (Wildman–Crippen MR) is 72.9 cm³/mol. The number of ether oxygens (including phenoxy) is 1. The maximum absolute atomic E-state index is 8.70. The molecule has 2 aromatic rings. The molecule has 0 bridgehead atoms. The smallest absolute Gasteiger partial charge is 0.142 e. The third kappa shape index (κ3) is 2.79. The average Bonchev–Trinajstić information content (AvgIpc) is 2.40. The number of rotatable bonds is 3. The van der Waals surface area contributed by atoms with Crippen LogP contribution in [-0.2, 0) is 0 Å². The molecular weight excluding hydrogens is 294 g/mol. The van der Waals surface area contributed by atoms with Gasteiger partial charge in [-0.15, -0.1) is 0 Å². The van der Waals surface area contributed by atoms with Crippen LogP contribution in [-0.4, -0.2) is 12.1 Å². The van der Waals surface area contributed by atoms with Crippen LogP contribution in [0.4, 0.5) is 11.5 Å². The van der Waals surface area contributed by atoms with Gasteiger partial charge in [-0.05, 0) is 30.3 Å². The monoisotopic (exact) mass is 303 g/mol. The van der Waals surface area contributed by atoms with Crippen LogP contribution in [0.1, 0.15) is 5.56 Å². The number of anilines is 2. The van der Waals surface area contributed by atoms with Gasteiger partial charge in [0.1, 0.15) is 17.6 Å². The van der Waals surface area contributed by atoms with Crippen LogP contribution in [0.5, 0.6) is 5.75 Å². The molecule has 0 aliphatic rings. The summed E-state index contributed by atoms with van der Waals surface area (Å²) in [6.07, 6.45) is 1.52. The summed E-state index contributed by atoms with van der Waals surface area (Å²) < 4.78 is 6.20. The lowest BCUT2D eigenvalue weighted by molar-refractivity contribution is 0.416. The Labute approximate surface area is 113 Å². The van der Waals surface area contributed by atoms with Crippen molar-refractivity contribution < 1.29 is 4.74 Å². The molecule has 4 nitrogen and oxygen atoms in total. The fourth-order valence-corrected chi connectivity index (χ4v) is 1.81. The summed E-state index contributed by atoms with van der Waals surface area (Å²) in [5.74, 6) is 1.38. The van der Waals surface area contributed by atoms with Crippen molar-refractivity contribution >= 4 is 27.4 Å². The van der Waals surface area contributed by atoms with Crippen LogP contribution in [0.2, 0.25) is 0 Å². The van der Waals surface area contributed by atoms with E-state index in [9.17, 15) is 0 Å². The van der Waals surface area contributed by atoms with Crippen LogP contribution >= 0.6 is 15.9 Å². The molecule has 0 unspecified atom stereocenters. The SMILES string of the molecule is COc1ccc(Br)cc1Nc1ccc(C#N)cn1. The lowest BCUT2D eigenvalue weighted by atomic mass is 10.2. The van der Waals surface area contributed by atoms with Crippen molar-refractivity contribution in [1.29, 1.82) is 5.26 Å². The lowest BCUT2D eigenvalue weighted by Gasteiger charge is -2.10. The third-order valence-electron chi connectivity index (χ3n) is 2.32. The summed E-state index contributed by atoms with van der Waals surface area (Å²) in [6, 6.07) is 11.1. The van der Waals surface area contributed by atoms with Crippen molar-refractivity contribution in [3.63, 3.8) is 0 Å². The van der Waals surface area contributed by atoms with Crippen LogP contribution in [0.25, 0.3) is 0 Å². The average molecular weight is 304 g/mol. The molecule has 0 atom stereocenters. The van der Waals surface area contributed by atoms with Gasteiger partial charge in [0.05, 0.1) is 18.4 Å². The first kappa shape index (κ1) is 12.4. The van der Waals surface area contributed by atoms with Crippen LogP contribution in [0.3, 0.4) is 0 Å². The standard InChI is InChI=1S/C13H10BrN3O/c1-18-12-4-3-10(14)6-11(12)17-13-5-2-9(7-15)8-16-13/h2-6,8H,1H3,(H,16,17). The summed E-state index contributed by atoms with van der Waals surface area (Å²) >= 11 is 3.40. The number of halogens is 1. The Morgan fingerprint density at radius 1 is 1.33 bits per heavy atom. The quantitative estimate of drug-likeness (QED) is 0.943. The second kappa shape index (κ2) is 5.52. The Morgan fingerprint density at radius 3 is 2.78 bits per heavy atom. The Balaban J connectivity index is 2.27. The van der Waals surface area contributed by atoms with Gasteiger partial charge < -0.3 is 10.1 Å². The highest BCUT2D eigenvalue weighted by Gasteiger charge is 2.04. The molecule has 0 radical (unpaired) electrons. The van der Waals surface area contributed by atoms with E-state index in [0.29, 0.717) is 11.4 Å². The van der Waals surface area contributed by atoms with E-state index in [4.69, 9.17) is 10.00 Å². The highest BCUT2D eigenvalue weighted by molar-refractivity contribution is 9.10. The maximum Gasteiger partial charge on any atom is 0.142 e. The first-order valence-electron chi connectivity index (χ1n) is 5.19. The normalized spacial score (nSPS) is 9.61. The van der Waals surface area contributed by atoms with E-state index in [1.54, 1.807) is 19.2 Å². The molecule has 18 heavy (non-hydrogen) atoms. The van der Waals surface area contributed by atoms with E-state index in [0.717, 1.165) is 15.9 Å². The second-order valence-electron chi connectivity index (χ2n) is 3.51. The molecule has 90 valence electrons. The number of nitrogens with zero attached hydrogens (tertiary/aromatic N) is 2. The number of nitriles is 1. The number of methoxy groups -OCH3 is 1. The number of nitrogens with one attached hydrogen (secondary N) is 1. The third-order valence-corrected chi connectivity index (χ3v) is 2.81. The lowest BCUT2D eigenvalue weighted by Crippen LogP contribution is -1.96. The van der Waals surface area contributed by atoms with Crippen molar-refractivity contribution in [2.24, 2.45) is 0 Å². The number of hydrogen-bond acceptors (Lipinski definition) is 4. The minimum absolute atomic E-state index is 0.529. The van der Waals surface area contributed by atoms with Gasteiger partial charge in [0, 0.05) is 10.7 Å². The van der Waals surface area contributed by atoms with Crippen LogP contribution in [0.15, 0.2) is 41.0 Å². The number of hydrogen-bond donors (Lipinski definition) is 1. The molecule has 0 aliphatic heterocycles. The van der Waals surface area contributed by atoms with E-state index in [1.165, 1.54) is 6.20 Å². The number of pyridine rings is 1. The molecule has 0 aliphatic carbocycles. The Morgan fingerprint density at radius 2 is 2.17 bits per heavy atom. The van der Waals surface area contributed by atoms with Gasteiger partial charge in [-0.25, -0.2) is 4.98 Å². The van der Waals surface area contributed by atoms with E-state index >= 15 is 0 Å². The molecule has 1 aromatic heterocycles. The summed E-state index contributed by atoms with van der Waals surface area (Å²) in [6.45, 7) is 0. The molecule has 0 fully saturated rings. The Kier molecular flexibility index (Phi) is 3.80. The molecule has 0 saturated heterocycles. The molecule has 2 rings (SSSR count). The van der Waals surface area contributed by atoms with E-state index in [1.807, 2.05) is 24.3 Å². The van der Waals surface area contributed by atoms with Gasteiger partial charge in [-0.1, -0.05) is 15.9 Å². The molecule has 0 amide bonds. The van der Waals surface area contributed by atoms with E-state index < -0.39 is 0 Å². The van der Waals surface area contributed by atoms with Crippen molar-refractivity contribution in [3.05, 3.63) is 46.6 Å². The van der Waals surface area contributed by atoms with E-state index in [-0.39, 0.29) is 0 Å². The molecule has 1 aromatic carbocycles. The van der Waals surface area contributed by atoms with Crippen molar-refractivity contribution in [3.8, 4) is 11.8 Å². The largest absolute Gasteiger partial charge is 0.495 e. The summed E-state index contributed by atoms with van der Waals surface area (Å²) in [5, 5.41) is 11.8. The fraction of sp³-hybridized carbons (Fsp3) is 0.0769. The fourth-order valence-electron chi connectivity index (χ4n) is 1.45. The molecular formula is C13H10BrN3O. The van der Waals surface area contributed by atoms with Gasteiger partial charge in [-0.3, -0.25) is 0 Å².